The predicted octanol–water partition coefficient (Wildman–Crippen LogP) is 1.67. The lowest BCUT2D eigenvalue weighted by Gasteiger charge is -2.04. The number of rotatable bonds is 6. The zero-order valence-corrected chi connectivity index (χ0v) is 8.04. The zero-order valence-electron chi connectivity index (χ0n) is 8.04. The summed E-state index contributed by atoms with van der Waals surface area (Å²) in [5.41, 5.74) is 0.544. The highest BCUT2D eigenvalue weighted by Crippen LogP contribution is 2.15. The van der Waals surface area contributed by atoms with Crippen LogP contribution in [0.5, 0.6) is 0 Å². The van der Waals surface area contributed by atoms with Crippen molar-refractivity contribution in [2.45, 2.75) is 32.3 Å². The summed E-state index contributed by atoms with van der Waals surface area (Å²) in [5.74, 6) is -0.265. The molecule has 13 heavy (non-hydrogen) atoms. The third-order valence-corrected chi connectivity index (χ3v) is 2.02. The summed E-state index contributed by atoms with van der Waals surface area (Å²) >= 11 is 0. The van der Waals surface area contributed by atoms with Crippen LogP contribution in [0.4, 0.5) is 0 Å². The molecule has 1 atom stereocenters. The van der Waals surface area contributed by atoms with Crippen molar-refractivity contribution in [3.8, 4) is 0 Å². The van der Waals surface area contributed by atoms with E-state index in [-0.39, 0.29) is 5.97 Å². The van der Waals surface area contributed by atoms with Crippen molar-refractivity contribution in [1.82, 2.24) is 0 Å². The van der Waals surface area contributed by atoms with Gasteiger partial charge >= 0.3 is 5.97 Å². The number of carbonyl (C=O) groups is 1. The second-order valence-corrected chi connectivity index (χ2v) is 3.19. The van der Waals surface area contributed by atoms with Gasteiger partial charge in [-0.15, -0.1) is 0 Å². The lowest BCUT2D eigenvalue weighted by molar-refractivity contribution is -0.139. The summed E-state index contributed by atoms with van der Waals surface area (Å²) in [7, 11) is 0. The Labute approximate surface area is 78.7 Å². The predicted molar refractivity (Wildman–Crippen MR) is 49.4 cm³/mol. The molecule has 1 unspecified atom stereocenters. The molecular formula is C10H16O3. The summed E-state index contributed by atoms with van der Waals surface area (Å²) in [4.78, 5) is 11.1. The van der Waals surface area contributed by atoms with Gasteiger partial charge in [-0.2, -0.15) is 0 Å². The fourth-order valence-electron chi connectivity index (χ4n) is 0.957. The van der Waals surface area contributed by atoms with Crippen LogP contribution in [-0.2, 0) is 14.3 Å². The molecule has 0 amide bonds. The minimum atomic E-state index is -0.265. The first-order chi connectivity index (χ1) is 6.24. The molecule has 3 heteroatoms. The molecule has 0 aromatic rings. The van der Waals surface area contributed by atoms with E-state index >= 15 is 0 Å². The van der Waals surface area contributed by atoms with Crippen LogP contribution in [0.25, 0.3) is 0 Å². The number of hydrogen-bond acceptors (Lipinski definition) is 3. The van der Waals surface area contributed by atoms with E-state index < -0.39 is 0 Å². The summed E-state index contributed by atoms with van der Waals surface area (Å²) in [5, 5.41) is 0. The second kappa shape index (κ2) is 5.02. The van der Waals surface area contributed by atoms with E-state index in [1.54, 1.807) is 0 Å². The standard InChI is InChI=1S/C10H16O3/c1-3-8(2)10(11)12-6-4-5-9-7-13-9/h9H,2-7H2,1H3. The Morgan fingerprint density at radius 1 is 1.69 bits per heavy atom. The van der Waals surface area contributed by atoms with E-state index in [2.05, 4.69) is 6.58 Å². The van der Waals surface area contributed by atoms with Gasteiger partial charge in [0, 0.05) is 5.57 Å². The first-order valence-corrected chi connectivity index (χ1v) is 4.70. The second-order valence-electron chi connectivity index (χ2n) is 3.19. The van der Waals surface area contributed by atoms with Gasteiger partial charge in [-0.1, -0.05) is 13.5 Å². The van der Waals surface area contributed by atoms with Crippen molar-refractivity contribution in [1.29, 1.82) is 0 Å². The summed E-state index contributed by atoms with van der Waals surface area (Å²) in [6.45, 7) is 6.85. The van der Waals surface area contributed by atoms with Crippen molar-refractivity contribution in [2.24, 2.45) is 0 Å². The maximum absolute atomic E-state index is 11.1. The molecule has 0 bridgehead atoms. The van der Waals surface area contributed by atoms with Gasteiger partial charge in [0.05, 0.1) is 19.3 Å². The van der Waals surface area contributed by atoms with E-state index in [4.69, 9.17) is 9.47 Å². The van der Waals surface area contributed by atoms with E-state index in [1.807, 2.05) is 6.92 Å². The summed E-state index contributed by atoms with van der Waals surface area (Å²) in [6.07, 6.45) is 2.96. The molecule has 1 rings (SSSR count). The van der Waals surface area contributed by atoms with Crippen LogP contribution in [-0.4, -0.2) is 25.3 Å². The molecular weight excluding hydrogens is 168 g/mol. The third-order valence-electron chi connectivity index (χ3n) is 2.02. The maximum atomic E-state index is 11.1. The summed E-state index contributed by atoms with van der Waals surface area (Å²) < 4.78 is 10.0. The Kier molecular flexibility index (Phi) is 3.96. The first-order valence-electron chi connectivity index (χ1n) is 4.70. The average molecular weight is 184 g/mol. The van der Waals surface area contributed by atoms with Gasteiger partial charge in [-0.25, -0.2) is 4.79 Å². The molecule has 0 aliphatic carbocycles. The van der Waals surface area contributed by atoms with Crippen molar-refractivity contribution in [3.63, 3.8) is 0 Å². The molecule has 1 fully saturated rings. The Balaban J connectivity index is 1.97. The molecule has 1 saturated heterocycles. The van der Waals surface area contributed by atoms with Crippen LogP contribution in [0.2, 0.25) is 0 Å². The quantitative estimate of drug-likeness (QED) is 0.273. The Hall–Kier alpha value is -0.830. The summed E-state index contributed by atoms with van der Waals surface area (Å²) in [6, 6.07) is 0. The molecule has 0 radical (unpaired) electrons. The average Bonchev–Trinajstić information content (AvgIpc) is 2.94. The Bertz CT molecular complexity index is 194. The number of hydrogen-bond donors (Lipinski definition) is 0. The zero-order chi connectivity index (χ0) is 9.68. The number of epoxide rings is 1. The molecule has 1 heterocycles. The maximum Gasteiger partial charge on any atom is 0.333 e. The van der Waals surface area contributed by atoms with Crippen molar-refractivity contribution < 1.29 is 14.3 Å². The van der Waals surface area contributed by atoms with Gasteiger partial charge in [-0.05, 0) is 19.3 Å². The smallest absolute Gasteiger partial charge is 0.333 e. The number of esters is 1. The van der Waals surface area contributed by atoms with Crippen molar-refractivity contribution in [3.05, 3.63) is 12.2 Å². The largest absolute Gasteiger partial charge is 0.462 e. The third kappa shape index (κ3) is 4.08. The van der Waals surface area contributed by atoms with Crippen LogP contribution >= 0.6 is 0 Å². The van der Waals surface area contributed by atoms with Crippen molar-refractivity contribution >= 4 is 5.97 Å². The lowest BCUT2D eigenvalue weighted by Crippen LogP contribution is -2.08. The van der Waals surface area contributed by atoms with Gasteiger partial charge in [-0.3, -0.25) is 0 Å². The highest BCUT2D eigenvalue weighted by molar-refractivity contribution is 5.87. The molecule has 0 saturated carbocycles. The molecule has 0 N–H and O–H groups in total. The van der Waals surface area contributed by atoms with Gasteiger partial charge in [0.25, 0.3) is 0 Å². The van der Waals surface area contributed by atoms with E-state index in [1.165, 1.54) is 0 Å². The minimum Gasteiger partial charge on any atom is -0.462 e. The van der Waals surface area contributed by atoms with E-state index in [9.17, 15) is 4.79 Å². The molecule has 3 nitrogen and oxygen atoms in total. The highest BCUT2D eigenvalue weighted by atomic mass is 16.6. The van der Waals surface area contributed by atoms with Crippen LogP contribution in [0.1, 0.15) is 26.2 Å². The molecule has 0 spiro atoms. The molecule has 0 aromatic heterocycles. The number of carbonyl (C=O) groups excluding carboxylic acids is 1. The van der Waals surface area contributed by atoms with Gasteiger partial charge in [0.15, 0.2) is 0 Å². The topological polar surface area (TPSA) is 38.8 Å². The molecule has 1 aliphatic heterocycles. The van der Waals surface area contributed by atoms with Gasteiger partial charge < -0.3 is 9.47 Å². The lowest BCUT2D eigenvalue weighted by atomic mass is 10.2. The van der Waals surface area contributed by atoms with E-state index in [0.29, 0.717) is 24.7 Å². The normalized spacial score (nSPS) is 19.6. The number of ether oxygens (including phenoxy) is 2. The Morgan fingerprint density at radius 2 is 2.38 bits per heavy atom. The highest BCUT2D eigenvalue weighted by Gasteiger charge is 2.21. The van der Waals surface area contributed by atoms with Gasteiger partial charge in [0.2, 0.25) is 0 Å². The molecule has 74 valence electrons. The van der Waals surface area contributed by atoms with Gasteiger partial charge in [0.1, 0.15) is 0 Å². The Morgan fingerprint density at radius 3 is 2.92 bits per heavy atom. The fraction of sp³-hybridized carbons (Fsp3) is 0.700. The van der Waals surface area contributed by atoms with Crippen LogP contribution in [0, 0.1) is 0 Å². The van der Waals surface area contributed by atoms with E-state index in [0.717, 1.165) is 19.4 Å². The minimum absolute atomic E-state index is 0.265. The van der Waals surface area contributed by atoms with Crippen LogP contribution < -0.4 is 0 Å². The molecule has 1 aliphatic rings. The SMILES string of the molecule is C=C(CC)C(=O)OCCCC1CO1. The molecule has 0 aromatic carbocycles. The van der Waals surface area contributed by atoms with Crippen LogP contribution in [0.3, 0.4) is 0 Å². The van der Waals surface area contributed by atoms with Crippen LogP contribution in [0.15, 0.2) is 12.2 Å². The van der Waals surface area contributed by atoms with Crippen molar-refractivity contribution in [2.75, 3.05) is 13.2 Å². The fourth-order valence-corrected chi connectivity index (χ4v) is 0.957. The first kappa shape index (κ1) is 10.3. The monoisotopic (exact) mass is 184 g/mol.